The maximum Gasteiger partial charge on any atom is 0.238 e. The molecule has 0 aliphatic heterocycles. The molecule has 7 heteroatoms. The van der Waals surface area contributed by atoms with Gasteiger partial charge in [-0.1, -0.05) is 157 Å². The average molecular weight is 659 g/mol. The van der Waals surface area contributed by atoms with E-state index in [0.29, 0.717) is 18.9 Å². The van der Waals surface area contributed by atoms with E-state index in [4.69, 9.17) is 15.0 Å². The third kappa shape index (κ3) is 20.3. The van der Waals surface area contributed by atoms with E-state index < -0.39 is 0 Å². The molecule has 1 aromatic rings. The van der Waals surface area contributed by atoms with Crippen molar-refractivity contribution in [2.24, 2.45) is 0 Å². The summed E-state index contributed by atoms with van der Waals surface area (Å²) < 4.78 is 0. The minimum atomic E-state index is 0.176. The van der Waals surface area contributed by atoms with E-state index in [-0.39, 0.29) is 5.91 Å². The van der Waals surface area contributed by atoms with Crippen molar-refractivity contribution in [1.82, 2.24) is 15.0 Å². The monoisotopic (exact) mass is 659 g/mol. The molecule has 274 valence electrons. The van der Waals surface area contributed by atoms with Gasteiger partial charge in [0.1, 0.15) is 0 Å². The van der Waals surface area contributed by atoms with Crippen LogP contribution >= 0.6 is 0 Å². The highest BCUT2D eigenvalue weighted by molar-refractivity contribution is 5.91. The molecule has 7 nitrogen and oxygen atoms in total. The van der Waals surface area contributed by atoms with Crippen LogP contribution in [-0.2, 0) is 4.79 Å². The van der Waals surface area contributed by atoms with Gasteiger partial charge in [0.15, 0.2) is 0 Å². The van der Waals surface area contributed by atoms with E-state index in [1.54, 1.807) is 0 Å². The lowest BCUT2D eigenvalue weighted by Gasteiger charge is -2.29. The van der Waals surface area contributed by atoms with Crippen molar-refractivity contribution in [2.45, 2.75) is 202 Å². The van der Waals surface area contributed by atoms with E-state index in [0.717, 1.165) is 89.4 Å². The Morgan fingerprint density at radius 3 is 1.02 bits per heavy atom. The number of carbonyl (C=O) groups excluding carboxylic acids is 1. The Labute approximate surface area is 292 Å². The molecule has 0 aliphatic carbocycles. The van der Waals surface area contributed by atoms with Gasteiger partial charge in [0.2, 0.25) is 23.8 Å². The molecule has 0 bridgehead atoms. The number of anilines is 3. The predicted octanol–water partition coefficient (Wildman–Crippen LogP) is 11.7. The summed E-state index contributed by atoms with van der Waals surface area (Å²) in [5, 5.41) is 0. The second-order valence-corrected chi connectivity index (χ2v) is 13.9. The summed E-state index contributed by atoms with van der Waals surface area (Å²) >= 11 is 0. The average Bonchev–Trinajstić information content (AvgIpc) is 3.08. The molecule has 0 saturated heterocycles. The van der Waals surface area contributed by atoms with Crippen LogP contribution in [0.25, 0.3) is 0 Å². The summed E-state index contributed by atoms with van der Waals surface area (Å²) in [5.41, 5.74) is 0. The molecule has 0 aliphatic rings. The van der Waals surface area contributed by atoms with Crippen LogP contribution in [0.3, 0.4) is 0 Å². The summed E-state index contributed by atoms with van der Waals surface area (Å²) in [7, 11) is 0. The van der Waals surface area contributed by atoms with Crippen LogP contribution < -0.4 is 14.7 Å². The topological polar surface area (TPSA) is 65.5 Å². The van der Waals surface area contributed by atoms with Crippen molar-refractivity contribution in [3.8, 4) is 0 Å². The number of hydrogen-bond acceptors (Lipinski definition) is 6. The van der Waals surface area contributed by atoms with E-state index >= 15 is 0 Å². The van der Waals surface area contributed by atoms with Crippen molar-refractivity contribution < 1.29 is 4.79 Å². The summed E-state index contributed by atoms with van der Waals surface area (Å²) in [6.07, 6.45) is 28.9. The highest BCUT2D eigenvalue weighted by Gasteiger charge is 2.24. The molecule has 0 saturated carbocycles. The molecule has 47 heavy (non-hydrogen) atoms. The van der Waals surface area contributed by atoms with Crippen LogP contribution in [0.1, 0.15) is 202 Å². The first-order valence-corrected chi connectivity index (χ1v) is 20.6. The van der Waals surface area contributed by atoms with E-state index in [9.17, 15) is 4.79 Å². The smallest absolute Gasteiger partial charge is 0.238 e. The SMILES string of the molecule is CCCCCCC(=O)N(CCCCCC)c1nc(N(CCCCCC)CCCCCC)nc(N(CCCCCC)CCCCCC)n1. The van der Waals surface area contributed by atoms with Gasteiger partial charge in [0.05, 0.1) is 0 Å². The Morgan fingerprint density at radius 1 is 0.383 bits per heavy atom. The van der Waals surface area contributed by atoms with Crippen LogP contribution in [-0.4, -0.2) is 53.6 Å². The summed E-state index contributed by atoms with van der Waals surface area (Å²) in [6.45, 7) is 18.1. The number of amides is 1. The number of nitrogens with zero attached hydrogens (tertiary/aromatic N) is 6. The molecule has 1 heterocycles. The van der Waals surface area contributed by atoms with Crippen LogP contribution in [0, 0.1) is 0 Å². The largest absolute Gasteiger partial charge is 0.341 e. The predicted molar refractivity (Wildman–Crippen MR) is 206 cm³/mol. The van der Waals surface area contributed by atoms with Gasteiger partial charge < -0.3 is 9.80 Å². The second kappa shape index (κ2) is 30.2. The maximum absolute atomic E-state index is 13.9. The fourth-order valence-electron chi connectivity index (χ4n) is 6.16. The maximum atomic E-state index is 13.9. The number of hydrogen-bond donors (Lipinski definition) is 0. The first-order valence-electron chi connectivity index (χ1n) is 20.6. The third-order valence-corrected chi connectivity index (χ3v) is 9.31. The number of aromatic nitrogens is 3. The van der Waals surface area contributed by atoms with E-state index in [2.05, 4.69) is 51.3 Å². The second-order valence-electron chi connectivity index (χ2n) is 13.9. The molecule has 1 amide bonds. The molecule has 0 radical (unpaired) electrons. The van der Waals surface area contributed by atoms with Crippen LogP contribution in [0.2, 0.25) is 0 Å². The number of carbonyl (C=O) groups is 1. The zero-order valence-corrected chi connectivity index (χ0v) is 32.3. The van der Waals surface area contributed by atoms with Gasteiger partial charge in [-0.15, -0.1) is 0 Å². The standard InChI is InChI=1S/C40H78N6O/c1-7-13-19-25-31-37(47)46(36-30-24-18-12-6)40-42-38(44(32-26-20-14-8-2)33-27-21-15-9-3)41-39(43-40)45(34-28-22-16-10-4)35-29-23-17-11-5/h7-36H2,1-6H3. The quantitative estimate of drug-likeness (QED) is 0.0700. The summed E-state index contributed by atoms with van der Waals surface area (Å²) in [4.78, 5) is 36.3. The van der Waals surface area contributed by atoms with E-state index in [1.165, 1.54) is 103 Å². The van der Waals surface area contributed by atoms with Crippen molar-refractivity contribution >= 4 is 23.8 Å². The van der Waals surface area contributed by atoms with Crippen LogP contribution in [0.5, 0.6) is 0 Å². The normalized spacial score (nSPS) is 11.3. The van der Waals surface area contributed by atoms with Crippen molar-refractivity contribution in [2.75, 3.05) is 47.4 Å². The molecule has 0 unspecified atom stereocenters. The van der Waals surface area contributed by atoms with Crippen LogP contribution in [0.4, 0.5) is 17.8 Å². The van der Waals surface area contributed by atoms with Gasteiger partial charge in [0.25, 0.3) is 0 Å². The molecule has 1 rings (SSSR count). The Kier molecular flexibility index (Phi) is 27.7. The first kappa shape index (κ1) is 43.1. The summed E-state index contributed by atoms with van der Waals surface area (Å²) in [5.74, 6) is 2.32. The Hall–Kier alpha value is -1.92. The molecule has 0 spiro atoms. The lowest BCUT2D eigenvalue weighted by Crippen LogP contribution is -2.36. The van der Waals surface area contributed by atoms with Gasteiger partial charge >= 0.3 is 0 Å². The van der Waals surface area contributed by atoms with Crippen molar-refractivity contribution in [3.05, 3.63) is 0 Å². The third-order valence-electron chi connectivity index (χ3n) is 9.31. The Balaban J connectivity index is 3.59. The fourth-order valence-corrected chi connectivity index (χ4v) is 6.16. The van der Waals surface area contributed by atoms with Gasteiger partial charge in [-0.3, -0.25) is 9.69 Å². The molecule has 1 aromatic heterocycles. The van der Waals surface area contributed by atoms with Gasteiger partial charge in [0, 0.05) is 39.1 Å². The van der Waals surface area contributed by atoms with Crippen LogP contribution in [0.15, 0.2) is 0 Å². The molecule has 0 N–H and O–H groups in total. The molecule has 0 atom stereocenters. The number of rotatable bonds is 33. The van der Waals surface area contributed by atoms with Gasteiger partial charge in [-0.05, 0) is 38.5 Å². The van der Waals surface area contributed by atoms with Gasteiger partial charge in [-0.2, -0.15) is 15.0 Å². The Morgan fingerprint density at radius 2 is 0.681 bits per heavy atom. The lowest BCUT2D eigenvalue weighted by molar-refractivity contribution is -0.118. The number of unbranched alkanes of at least 4 members (excludes halogenated alkanes) is 18. The minimum absolute atomic E-state index is 0.176. The Bertz CT molecular complexity index is 795. The van der Waals surface area contributed by atoms with Gasteiger partial charge in [-0.25, -0.2) is 0 Å². The molecule has 0 aromatic carbocycles. The van der Waals surface area contributed by atoms with E-state index in [1.807, 2.05) is 4.90 Å². The molecule has 0 fully saturated rings. The zero-order valence-electron chi connectivity index (χ0n) is 32.3. The highest BCUT2D eigenvalue weighted by Crippen LogP contribution is 2.24. The summed E-state index contributed by atoms with van der Waals surface area (Å²) in [6, 6.07) is 0. The lowest BCUT2D eigenvalue weighted by atomic mass is 10.1. The fraction of sp³-hybridized carbons (Fsp3) is 0.900. The van der Waals surface area contributed by atoms with Crippen molar-refractivity contribution in [1.29, 1.82) is 0 Å². The molecular weight excluding hydrogens is 580 g/mol. The molecular formula is C40H78N6O. The van der Waals surface area contributed by atoms with Crippen molar-refractivity contribution in [3.63, 3.8) is 0 Å². The zero-order chi connectivity index (χ0) is 34.4. The minimum Gasteiger partial charge on any atom is -0.341 e. The highest BCUT2D eigenvalue weighted by atomic mass is 16.2. The first-order chi connectivity index (χ1) is 23.1.